The minimum absolute atomic E-state index is 0.160. The summed E-state index contributed by atoms with van der Waals surface area (Å²) < 4.78 is 25.1. The molecular formula is C25H28FN3O3. The summed E-state index contributed by atoms with van der Waals surface area (Å²) in [5, 5.41) is 4.02. The number of benzene rings is 2. The number of halogens is 1. The maximum absolute atomic E-state index is 13.9. The van der Waals surface area contributed by atoms with E-state index in [1.165, 1.54) is 11.6 Å². The quantitative estimate of drug-likeness (QED) is 0.554. The average Bonchev–Trinajstić information content (AvgIpc) is 3.19. The molecule has 2 aromatic carbocycles. The Hall–Kier alpha value is -3.19. The Kier molecular flexibility index (Phi) is 6.85. The van der Waals surface area contributed by atoms with Crippen LogP contribution in [0.1, 0.15) is 39.9 Å². The topological polar surface area (TPSA) is 58.8 Å². The molecule has 32 heavy (non-hydrogen) atoms. The van der Waals surface area contributed by atoms with Gasteiger partial charge in [-0.15, -0.1) is 0 Å². The zero-order chi connectivity index (χ0) is 22.5. The van der Waals surface area contributed by atoms with Crippen molar-refractivity contribution in [3.63, 3.8) is 0 Å². The second-order valence-corrected chi connectivity index (χ2v) is 8.01. The van der Waals surface area contributed by atoms with E-state index in [4.69, 9.17) is 9.26 Å². The van der Waals surface area contributed by atoms with Crippen molar-refractivity contribution in [2.75, 3.05) is 26.2 Å². The van der Waals surface area contributed by atoms with Crippen LogP contribution in [0.4, 0.5) is 4.39 Å². The summed E-state index contributed by atoms with van der Waals surface area (Å²) in [6.45, 7) is 7.10. The molecule has 7 heteroatoms. The molecule has 0 spiro atoms. The highest BCUT2D eigenvalue weighted by molar-refractivity contribution is 5.93. The van der Waals surface area contributed by atoms with Crippen molar-refractivity contribution in [1.29, 1.82) is 0 Å². The van der Waals surface area contributed by atoms with Gasteiger partial charge in [-0.3, -0.25) is 9.69 Å². The Morgan fingerprint density at radius 1 is 1.09 bits per heavy atom. The number of hydrogen-bond donors (Lipinski definition) is 0. The van der Waals surface area contributed by atoms with E-state index < -0.39 is 0 Å². The van der Waals surface area contributed by atoms with Gasteiger partial charge in [-0.05, 0) is 37.1 Å². The van der Waals surface area contributed by atoms with Crippen molar-refractivity contribution >= 4 is 5.91 Å². The third-order valence-electron chi connectivity index (χ3n) is 5.91. The molecule has 2 heterocycles. The Labute approximate surface area is 187 Å². The van der Waals surface area contributed by atoms with E-state index in [-0.39, 0.29) is 18.3 Å². The second kappa shape index (κ2) is 9.96. The third kappa shape index (κ3) is 4.99. The summed E-state index contributed by atoms with van der Waals surface area (Å²) in [6, 6.07) is 14.7. The van der Waals surface area contributed by atoms with Crippen molar-refractivity contribution in [3.05, 3.63) is 82.5 Å². The lowest BCUT2D eigenvalue weighted by molar-refractivity contribution is 0.0615. The molecule has 0 unspecified atom stereocenters. The molecule has 168 valence electrons. The van der Waals surface area contributed by atoms with Gasteiger partial charge in [-0.2, -0.15) is 0 Å². The number of rotatable bonds is 7. The van der Waals surface area contributed by atoms with Crippen LogP contribution in [0.2, 0.25) is 0 Å². The maximum atomic E-state index is 13.9. The highest BCUT2D eigenvalue weighted by atomic mass is 19.1. The summed E-state index contributed by atoms with van der Waals surface area (Å²) in [6.07, 6.45) is 0.969. The van der Waals surface area contributed by atoms with Crippen LogP contribution in [-0.2, 0) is 19.6 Å². The van der Waals surface area contributed by atoms with E-state index in [1.54, 1.807) is 24.0 Å². The monoisotopic (exact) mass is 437 g/mol. The van der Waals surface area contributed by atoms with Gasteiger partial charge in [0.2, 0.25) is 0 Å². The number of carbonyl (C=O) groups is 1. The van der Waals surface area contributed by atoms with Gasteiger partial charge in [0.15, 0.2) is 5.69 Å². The predicted molar refractivity (Wildman–Crippen MR) is 119 cm³/mol. The van der Waals surface area contributed by atoms with Crippen LogP contribution >= 0.6 is 0 Å². The number of amides is 1. The Balaban J connectivity index is 1.36. The number of hydrogen-bond acceptors (Lipinski definition) is 5. The van der Waals surface area contributed by atoms with Gasteiger partial charge in [-0.25, -0.2) is 4.39 Å². The van der Waals surface area contributed by atoms with E-state index in [0.29, 0.717) is 55.3 Å². The van der Waals surface area contributed by atoms with E-state index in [0.717, 1.165) is 12.2 Å². The molecule has 0 atom stereocenters. The minimum Gasteiger partial charge on any atom is -0.489 e. The number of ether oxygens (including phenoxy) is 1. The number of aromatic nitrogens is 1. The fourth-order valence-corrected chi connectivity index (χ4v) is 3.83. The van der Waals surface area contributed by atoms with Crippen LogP contribution in [0, 0.1) is 12.7 Å². The van der Waals surface area contributed by atoms with Gasteiger partial charge in [-0.1, -0.05) is 42.4 Å². The molecule has 1 aliphatic heterocycles. The van der Waals surface area contributed by atoms with Crippen molar-refractivity contribution in [2.24, 2.45) is 0 Å². The second-order valence-electron chi connectivity index (χ2n) is 8.01. The molecule has 1 aromatic heterocycles. The van der Waals surface area contributed by atoms with E-state index >= 15 is 0 Å². The van der Waals surface area contributed by atoms with E-state index in [2.05, 4.69) is 17.0 Å². The number of nitrogens with zero attached hydrogens (tertiary/aromatic N) is 3. The first kappa shape index (κ1) is 22.0. The van der Waals surface area contributed by atoms with Crippen molar-refractivity contribution in [3.8, 4) is 5.75 Å². The normalized spacial score (nSPS) is 14.5. The summed E-state index contributed by atoms with van der Waals surface area (Å²) in [5.41, 5.74) is 2.88. The standard InChI is InChI=1S/C25H28FN3O3/c1-3-19-8-10-21(11-9-19)31-17-22-18(2)32-27-24(22)25(30)29-14-12-28(13-15-29)16-20-6-4-5-7-23(20)26/h4-11H,3,12-17H2,1-2H3. The number of piperazine rings is 1. The first-order valence-corrected chi connectivity index (χ1v) is 11.0. The molecule has 0 aliphatic carbocycles. The summed E-state index contributed by atoms with van der Waals surface area (Å²) in [5.74, 6) is 0.963. The summed E-state index contributed by atoms with van der Waals surface area (Å²) in [7, 11) is 0. The molecular weight excluding hydrogens is 409 g/mol. The lowest BCUT2D eigenvalue weighted by atomic mass is 10.1. The van der Waals surface area contributed by atoms with Crippen molar-refractivity contribution in [1.82, 2.24) is 15.0 Å². The van der Waals surface area contributed by atoms with Crippen LogP contribution in [0.3, 0.4) is 0 Å². The van der Waals surface area contributed by atoms with Gasteiger partial charge in [0, 0.05) is 38.3 Å². The van der Waals surface area contributed by atoms with Crippen LogP contribution in [0.5, 0.6) is 5.75 Å². The van der Waals surface area contributed by atoms with E-state index in [9.17, 15) is 9.18 Å². The van der Waals surface area contributed by atoms with Gasteiger partial charge in [0.25, 0.3) is 5.91 Å². The fraction of sp³-hybridized carbons (Fsp3) is 0.360. The summed E-state index contributed by atoms with van der Waals surface area (Å²) in [4.78, 5) is 17.0. The average molecular weight is 438 g/mol. The molecule has 1 aliphatic rings. The first-order chi connectivity index (χ1) is 15.5. The van der Waals surface area contributed by atoms with Crippen LogP contribution in [0.25, 0.3) is 0 Å². The molecule has 6 nitrogen and oxygen atoms in total. The third-order valence-corrected chi connectivity index (χ3v) is 5.91. The molecule has 0 radical (unpaired) electrons. The summed E-state index contributed by atoms with van der Waals surface area (Å²) >= 11 is 0. The Bertz CT molecular complexity index is 1060. The fourth-order valence-electron chi connectivity index (χ4n) is 3.83. The molecule has 4 rings (SSSR count). The van der Waals surface area contributed by atoms with Crippen LogP contribution < -0.4 is 4.74 Å². The van der Waals surface area contributed by atoms with Gasteiger partial charge >= 0.3 is 0 Å². The molecule has 1 amide bonds. The highest BCUT2D eigenvalue weighted by Gasteiger charge is 2.28. The molecule has 3 aromatic rings. The van der Waals surface area contributed by atoms with E-state index in [1.807, 2.05) is 30.3 Å². The highest BCUT2D eigenvalue weighted by Crippen LogP contribution is 2.21. The zero-order valence-corrected chi connectivity index (χ0v) is 18.5. The predicted octanol–water partition coefficient (Wildman–Crippen LogP) is 4.22. The molecule has 1 saturated heterocycles. The minimum atomic E-state index is -0.196. The zero-order valence-electron chi connectivity index (χ0n) is 18.5. The van der Waals surface area contributed by atoms with Crippen LogP contribution in [-0.4, -0.2) is 47.0 Å². The van der Waals surface area contributed by atoms with Gasteiger partial charge in [0.1, 0.15) is 23.9 Å². The number of aryl methyl sites for hydroxylation is 2. The van der Waals surface area contributed by atoms with Gasteiger partial charge < -0.3 is 14.2 Å². The molecule has 0 bridgehead atoms. The SMILES string of the molecule is CCc1ccc(OCc2c(C(=O)N3CCN(Cc4ccccc4F)CC3)noc2C)cc1. The molecule has 1 fully saturated rings. The smallest absolute Gasteiger partial charge is 0.276 e. The largest absolute Gasteiger partial charge is 0.489 e. The van der Waals surface area contributed by atoms with Crippen molar-refractivity contribution in [2.45, 2.75) is 33.4 Å². The Morgan fingerprint density at radius 3 is 2.50 bits per heavy atom. The number of carbonyl (C=O) groups excluding carboxylic acids is 1. The molecule has 0 N–H and O–H groups in total. The molecule has 0 saturated carbocycles. The lowest BCUT2D eigenvalue weighted by Crippen LogP contribution is -2.48. The van der Waals surface area contributed by atoms with Gasteiger partial charge in [0.05, 0.1) is 5.56 Å². The Morgan fingerprint density at radius 2 is 1.81 bits per heavy atom. The lowest BCUT2D eigenvalue weighted by Gasteiger charge is -2.34. The maximum Gasteiger partial charge on any atom is 0.276 e. The van der Waals surface area contributed by atoms with Crippen LogP contribution in [0.15, 0.2) is 53.1 Å². The van der Waals surface area contributed by atoms with Crippen molar-refractivity contribution < 1.29 is 18.4 Å². The first-order valence-electron chi connectivity index (χ1n) is 11.0.